The third kappa shape index (κ3) is 4.04. The first-order valence-electron chi connectivity index (χ1n) is 6.13. The van der Waals surface area contributed by atoms with Crippen molar-refractivity contribution in [2.24, 2.45) is 0 Å². The van der Waals surface area contributed by atoms with Gasteiger partial charge in [0.25, 0.3) is 0 Å². The standard InChI is InChI=1S/C13H19NO4S/c1-4-9(2)11-5-7-12(8-6-11)19(17,18)14-10(3)13(15)16/h5-10,14H,4H2,1-3H3,(H,15,16)/t9?,10-/m1/s1. The SMILES string of the molecule is CCC(C)c1ccc(S(=O)(=O)N[C@H](C)C(=O)O)cc1. The summed E-state index contributed by atoms with van der Waals surface area (Å²) in [4.78, 5) is 10.7. The van der Waals surface area contributed by atoms with Crippen LogP contribution in [0.2, 0.25) is 0 Å². The molecule has 0 spiro atoms. The molecule has 1 rings (SSSR count). The number of sulfonamides is 1. The Morgan fingerprint density at radius 3 is 2.21 bits per heavy atom. The van der Waals surface area contributed by atoms with Gasteiger partial charge in [-0.05, 0) is 37.0 Å². The monoisotopic (exact) mass is 285 g/mol. The van der Waals surface area contributed by atoms with Gasteiger partial charge in [-0.15, -0.1) is 0 Å². The predicted octanol–water partition coefficient (Wildman–Crippen LogP) is 1.95. The Morgan fingerprint density at radius 1 is 1.26 bits per heavy atom. The summed E-state index contributed by atoms with van der Waals surface area (Å²) in [5.41, 5.74) is 1.06. The summed E-state index contributed by atoms with van der Waals surface area (Å²) in [6.45, 7) is 5.41. The van der Waals surface area contributed by atoms with Crippen molar-refractivity contribution in [3.8, 4) is 0 Å². The van der Waals surface area contributed by atoms with Crippen molar-refractivity contribution >= 4 is 16.0 Å². The topological polar surface area (TPSA) is 83.5 Å². The third-order valence-corrected chi connectivity index (χ3v) is 4.63. The second kappa shape index (κ2) is 6.16. The number of aliphatic carboxylic acids is 1. The van der Waals surface area contributed by atoms with Crippen LogP contribution in [0.5, 0.6) is 0 Å². The number of rotatable bonds is 6. The molecule has 1 unspecified atom stereocenters. The molecule has 0 bridgehead atoms. The predicted molar refractivity (Wildman–Crippen MR) is 72.6 cm³/mol. The van der Waals surface area contributed by atoms with Crippen LogP contribution in [-0.4, -0.2) is 25.5 Å². The van der Waals surface area contributed by atoms with E-state index in [0.717, 1.165) is 12.0 Å². The highest BCUT2D eigenvalue weighted by Gasteiger charge is 2.21. The number of nitrogens with one attached hydrogen (secondary N) is 1. The van der Waals surface area contributed by atoms with Crippen LogP contribution in [0.15, 0.2) is 29.2 Å². The van der Waals surface area contributed by atoms with Crippen molar-refractivity contribution in [1.82, 2.24) is 4.72 Å². The van der Waals surface area contributed by atoms with Crippen molar-refractivity contribution in [1.29, 1.82) is 0 Å². The molecular formula is C13H19NO4S. The Hall–Kier alpha value is -1.40. The number of benzene rings is 1. The van der Waals surface area contributed by atoms with E-state index in [1.165, 1.54) is 19.1 Å². The minimum atomic E-state index is -3.78. The van der Waals surface area contributed by atoms with Crippen LogP contribution in [0.4, 0.5) is 0 Å². The highest BCUT2D eigenvalue weighted by atomic mass is 32.2. The van der Waals surface area contributed by atoms with Gasteiger partial charge < -0.3 is 5.11 Å². The lowest BCUT2D eigenvalue weighted by molar-refractivity contribution is -0.138. The minimum Gasteiger partial charge on any atom is -0.480 e. The highest BCUT2D eigenvalue weighted by molar-refractivity contribution is 7.89. The lowest BCUT2D eigenvalue weighted by atomic mass is 9.99. The Kier molecular flexibility index (Phi) is 5.08. The molecule has 0 radical (unpaired) electrons. The van der Waals surface area contributed by atoms with E-state index in [4.69, 9.17) is 5.11 Å². The summed E-state index contributed by atoms with van der Waals surface area (Å²) in [5.74, 6) is -0.845. The Labute approximate surface area is 113 Å². The Bertz CT molecular complexity index is 536. The average molecular weight is 285 g/mol. The van der Waals surface area contributed by atoms with E-state index >= 15 is 0 Å². The average Bonchev–Trinajstić information content (AvgIpc) is 2.37. The molecule has 0 aliphatic heterocycles. The molecule has 0 aliphatic carbocycles. The van der Waals surface area contributed by atoms with Crippen LogP contribution in [0.3, 0.4) is 0 Å². The number of hydrogen-bond acceptors (Lipinski definition) is 3. The van der Waals surface area contributed by atoms with Crippen molar-refractivity contribution in [2.45, 2.75) is 44.0 Å². The second-order valence-electron chi connectivity index (χ2n) is 4.56. The molecule has 0 aromatic heterocycles. The molecular weight excluding hydrogens is 266 g/mol. The van der Waals surface area contributed by atoms with Gasteiger partial charge in [-0.25, -0.2) is 8.42 Å². The molecule has 106 valence electrons. The zero-order valence-corrected chi connectivity index (χ0v) is 12.1. The van der Waals surface area contributed by atoms with Crippen LogP contribution in [0.1, 0.15) is 38.7 Å². The van der Waals surface area contributed by atoms with Gasteiger partial charge in [0.15, 0.2) is 0 Å². The molecule has 2 N–H and O–H groups in total. The summed E-state index contributed by atoms with van der Waals surface area (Å²) in [6, 6.07) is 5.36. The molecule has 2 atom stereocenters. The van der Waals surface area contributed by atoms with Gasteiger partial charge in [0.2, 0.25) is 10.0 Å². The van der Waals surface area contributed by atoms with Gasteiger partial charge in [-0.1, -0.05) is 26.0 Å². The first-order chi connectivity index (χ1) is 8.77. The first-order valence-corrected chi connectivity index (χ1v) is 7.61. The lowest BCUT2D eigenvalue weighted by Crippen LogP contribution is -2.38. The maximum Gasteiger partial charge on any atom is 0.321 e. The van der Waals surface area contributed by atoms with Crippen LogP contribution in [0, 0.1) is 0 Å². The zero-order chi connectivity index (χ0) is 14.6. The van der Waals surface area contributed by atoms with E-state index in [1.54, 1.807) is 12.1 Å². The first kappa shape index (κ1) is 15.7. The molecule has 19 heavy (non-hydrogen) atoms. The van der Waals surface area contributed by atoms with E-state index in [0.29, 0.717) is 5.92 Å². The smallest absolute Gasteiger partial charge is 0.321 e. The van der Waals surface area contributed by atoms with Crippen molar-refractivity contribution < 1.29 is 18.3 Å². The molecule has 0 amide bonds. The summed E-state index contributed by atoms with van der Waals surface area (Å²) in [5, 5.41) is 8.71. The van der Waals surface area contributed by atoms with E-state index in [2.05, 4.69) is 18.6 Å². The molecule has 1 aromatic rings. The molecule has 0 heterocycles. The fraction of sp³-hybridized carbons (Fsp3) is 0.462. The maximum atomic E-state index is 11.9. The molecule has 6 heteroatoms. The van der Waals surface area contributed by atoms with Gasteiger partial charge >= 0.3 is 5.97 Å². The van der Waals surface area contributed by atoms with E-state index in [9.17, 15) is 13.2 Å². The van der Waals surface area contributed by atoms with Crippen molar-refractivity contribution in [3.63, 3.8) is 0 Å². The van der Waals surface area contributed by atoms with Gasteiger partial charge in [0.05, 0.1) is 4.90 Å². The zero-order valence-electron chi connectivity index (χ0n) is 11.3. The fourth-order valence-corrected chi connectivity index (χ4v) is 2.76. The van der Waals surface area contributed by atoms with Crippen LogP contribution in [0.25, 0.3) is 0 Å². The summed E-state index contributed by atoms with van der Waals surface area (Å²) < 4.78 is 26.0. The van der Waals surface area contributed by atoms with Crippen molar-refractivity contribution in [3.05, 3.63) is 29.8 Å². The van der Waals surface area contributed by atoms with Crippen molar-refractivity contribution in [2.75, 3.05) is 0 Å². The molecule has 5 nitrogen and oxygen atoms in total. The number of carboxylic acid groups (broad SMARTS) is 1. The largest absolute Gasteiger partial charge is 0.480 e. The number of carboxylic acids is 1. The van der Waals surface area contributed by atoms with E-state index < -0.39 is 22.0 Å². The minimum absolute atomic E-state index is 0.0765. The van der Waals surface area contributed by atoms with Gasteiger partial charge in [-0.2, -0.15) is 4.72 Å². The van der Waals surface area contributed by atoms with E-state index in [1.807, 2.05) is 0 Å². The molecule has 0 aliphatic rings. The molecule has 0 saturated heterocycles. The summed E-state index contributed by atoms with van der Waals surface area (Å²) in [6.07, 6.45) is 0.973. The molecule has 1 aromatic carbocycles. The highest BCUT2D eigenvalue weighted by Crippen LogP contribution is 2.20. The quantitative estimate of drug-likeness (QED) is 0.836. The van der Waals surface area contributed by atoms with Crippen LogP contribution >= 0.6 is 0 Å². The summed E-state index contributed by atoms with van der Waals surface area (Å²) >= 11 is 0. The number of hydrogen-bond donors (Lipinski definition) is 2. The molecule has 0 saturated carbocycles. The normalized spacial score (nSPS) is 14.9. The van der Waals surface area contributed by atoms with E-state index in [-0.39, 0.29) is 4.90 Å². The third-order valence-electron chi connectivity index (χ3n) is 3.07. The Balaban J connectivity index is 2.94. The summed E-state index contributed by atoms with van der Waals surface area (Å²) in [7, 11) is -3.78. The van der Waals surface area contributed by atoms with Gasteiger partial charge in [0, 0.05) is 0 Å². The van der Waals surface area contributed by atoms with Crippen LogP contribution < -0.4 is 4.72 Å². The lowest BCUT2D eigenvalue weighted by Gasteiger charge is -2.12. The maximum absolute atomic E-state index is 11.9. The molecule has 0 fully saturated rings. The number of carbonyl (C=O) groups is 1. The van der Waals surface area contributed by atoms with Gasteiger partial charge in [-0.3, -0.25) is 4.79 Å². The van der Waals surface area contributed by atoms with Crippen LogP contribution in [-0.2, 0) is 14.8 Å². The Morgan fingerprint density at radius 2 is 1.79 bits per heavy atom. The second-order valence-corrected chi connectivity index (χ2v) is 6.27. The van der Waals surface area contributed by atoms with Gasteiger partial charge in [0.1, 0.15) is 6.04 Å². The fourth-order valence-electron chi connectivity index (χ4n) is 1.56.